The van der Waals surface area contributed by atoms with Crippen molar-refractivity contribution in [3.8, 4) is 11.1 Å². The predicted molar refractivity (Wildman–Crippen MR) is 69.3 cm³/mol. The molecule has 5 heteroatoms. The number of carbonyl (C=O) groups excluding carboxylic acids is 1. The van der Waals surface area contributed by atoms with Crippen molar-refractivity contribution in [3.05, 3.63) is 42.0 Å². The first-order chi connectivity index (χ1) is 9.13. The Balaban J connectivity index is 2.37. The fourth-order valence-electron chi connectivity index (χ4n) is 1.86. The molecule has 0 saturated carbocycles. The molecule has 0 amide bonds. The Kier molecular flexibility index (Phi) is 3.94. The first-order valence-corrected chi connectivity index (χ1v) is 6.05. The zero-order chi connectivity index (χ0) is 13.8. The summed E-state index contributed by atoms with van der Waals surface area (Å²) in [7, 11) is 1.27. The van der Waals surface area contributed by atoms with E-state index < -0.39 is 11.8 Å². The minimum absolute atomic E-state index is 0.195. The van der Waals surface area contributed by atoms with Gasteiger partial charge in [0.15, 0.2) is 0 Å². The molecule has 0 aliphatic carbocycles. The molecule has 0 atom stereocenters. The van der Waals surface area contributed by atoms with Gasteiger partial charge in [0.05, 0.1) is 18.9 Å². The lowest BCUT2D eigenvalue weighted by Gasteiger charge is -2.03. The standard InChI is InChI=1S/C14H15FN2O2/c1-3-4-17-9-12(8-16-17)10-5-11(14(18)19-2)7-13(15)6-10/h5-9H,3-4H2,1-2H3. The Labute approximate surface area is 110 Å². The maximum atomic E-state index is 13.5. The van der Waals surface area contributed by atoms with Gasteiger partial charge in [-0.1, -0.05) is 6.92 Å². The Hall–Kier alpha value is -2.17. The maximum Gasteiger partial charge on any atom is 0.337 e. The van der Waals surface area contributed by atoms with Crippen molar-refractivity contribution in [2.24, 2.45) is 0 Å². The molecule has 0 radical (unpaired) electrons. The van der Waals surface area contributed by atoms with Crippen molar-refractivity contribution in [1.29, 1.82) is 0 Å². The summed E-state index contributed by atoms with van der Waals surface area (Å²) < 4.78 is 19.9. The average molecular weight is 262 g/mol. The lowest BCUT2D eigenvalue weighted by Crippen LogP contribution is -2.02. The van der Waals surface area contributed by atoms with Gasteiger partial charge in [0, 0.05) is 18.3 Å². The Morgan fingerprint density at radius 2 is 2.16 bits per heavy atom. The molecule has 0 N–H and O–H groups in total. The molecule has 1 aromatic heterocycles. The number of hydrogen-bond acceptors (Lipinski definition) is 3. The molecule has 0 saturated heterocycles. The van der Waals surface area contributed by atoms with Crippen LogP contribution in [0.5, 0.6) is 0 Å². The van der Waals surface area contributed by atoms with Crippen LogP contribution in [-0.2, 0) is 11.3 Å². The molecular formula is C14H15FN2O2. The van der Waals surface area contributed by atoms with Crippen molar-refractivity contribution in [3.63, 3.8) is 0 Å². The van der Waals surface area contributed by atoms with Crippen LogP contribution in [-0.4, -0.2) is 22.9 Å². The number of halogens is 1. The van der Waals surface area contributed by atoms with E-state index in [1.807, 2.05) is 6.20 Å². The van der Waals surface area contributed by atoms with Crippen molar-refractivity contribution in [2.45, 2.75) is 19.9 Å². The molecular weight excluding hydrogens is 247 g/mol. The van der Waals surface area contributed by atoms with E-state index in [-0.39, 0.29) is 5.56 Å². The number of carbonyl (C=O) groups is 1. The zero-order valence-corrected chi connectivity index (χ0v) is 10.9. The molecule has 100 valence electrons. The second-order valence-electron chi connectivity index (χ2n) is 4.21. The Morgan fingerprint density at radius 3 is 2.84 bits per heavy atom. The van der Waals surface area contributed by atoms with E-state index in [1.54, 1.807) is 16.9 Å². The second kappa shape index (κ2) is 5.65. The lowest BCUT2D eigenvalue weighted by molar-refractivity contribution is 0.0600. The van der Waals surface area contributed by atoms with Gasteiger partial charge in [0.2, 0.25) is 0 Å². The number of ether oxygens (including phenoxy) is 1. The molecule has 1 heterocycles. The van der Waals surface area contributed by atoms with Crippen LogP contribution >= 0.6 is 0 Å². The third-order valence-corrected chi connectivity index (χ3v) is 2.74. The number of hydrogen-bond donors (Lipinski definition) is 0. The van der Waals surface area contributed by atoms with E-state index in [0.717, 1.165) is 24.6 Å². The Bertz CT molecular complexity index is 593. The van der Waals surface area contributed by atoms with Crippen LogP contribution in [0.25, 0.3) is 11.1 Å². The highest BCUT2D eigenvalue weighted by Crippen LogP contribution is 2.22. The minimum atomic E-state index is -0.554. The molecule has 0 spiro atoms. The molecule has 0 aliphatic rings. The number of benzene rings is 1. The first-order valence-electron chi connectivity index (χ1n) is 6.05. The van der Waals surface area contributed by atoms with Crippen molar-refractivity contribution in [1.82, 2.24) is 9.78 Å². The van der Waals surface area contributed by atoms with Gasteiger partial charge in [-0.25, -0.2) is 9.18 Å². The number of rotatable bonds is 4. The van der Waals surface area contributed by atoms with Gasteiger partial charge >= 0.3 is 5.97 Å². The van der Waals surface area contributed by atoms with Crippen molar-refractivity contribution < 1.29 is 13.9 Å². The summed E-state index contributed by atoms with van der Waals surface area (Å²) in [5, 5.41) is 4.18. The number of nitrogens with zero attached hydrogens (tertiary/aromatic N) is 2. The van der Waals surface area contributed by atoms with Crippen LogP contribution in [0.4, 0.5) is 4.39 Å². The van der Waals surface area contributed by atoms with Crippen LogP contribution in [0, 0.1) is 5.82 Å². The average Bonchev–Trinajstić information content (AvgIpc) is 2.86. The van der Waals surface area contributed by atoms with Gasteiger partial charge in [-0.05, 0) is 30.2 Å². The molecule has 0 unspecified atom stereocenters. The second-order valence-corrected chi connectivity index (χ2v) is 4.21. The van der Waals surface area contributed by atoms with Crippen LogP contribution in [0.15, 0.2) is 30.6 Å². The minimum Gasteiger partial charge on any atom is -0.465 e. The summed E-state index contributed by atoms with van der Waals surface area (Å²) >= 11 is 0. The van der Waals surface area contributed by atoms with Gasteiger partial charge in [-0.15, -0.1) is 0 Å². The maximum absolute atomic E-state index is 13.5. The smallest absolute Gasteiger partial charge is 0.337 e. The molecule has 19 heavy (non-hydrogen) atoms. The summed E-state index contributed by atoms with van der Waals surface area (Å²) in [6, 6.07) is 4.13. The Morgan fingerprint density at radius 1 is 1.37 bits per heavy atom. The fraction of sp³-hybridized carbons (Fsp3) is 0.286. The van der Waals surface area contributed by atoms with Gasteiger partial charge in [-0.2, -0.15) is 5.10 Å². The highest BCUT2D eigenvalue weighted by Gasteiger charge is 2.11. The largest absolute Gasteiger partial charge is 0.465 e. The number of aryl methyl sites for hydroxylation is 1. The predicted octanol–water partition coefficient (Wildman–Crippen LogP) is 2.89. The highest BCUT2D eigenvalue weighted by molar-refractivity contribution is 5.90. The summed E-state index contributed by atoms with van der Waals surface area (Å²) in [6.07, 6.45) is 4.46. The monoisotopic (exact) mass is 262 g/mol. The van der Waals surface area contributed by atoms with Crippen LogP contribution in [0.2, 0.25) is 0 Å². The van der Waals surface area contributed by atoms with E-state index in [9.17, 15) is 9.18 Å². The quantitative estimate of drug-likeness (QED) is 0.796. The van der Waals surface area contributed by atoms with E-state index in [2.05, 4.69) is 16.8 Å². The third-order valence-electron chi connectivity index (χ3n) is 2.74. The van der Waals surface area contributed by atoms with E-state index in [0.29, 0.717) is 5.56 Å². The van der Waals surface area contributed by atoms with Crippen LogP contribution in [0.1, 0.15) is 23.7 Å². The summed E-state index contributed by atoms with van der Waals surface area (Å²) in [5.74, 6) is -1.03. The van der Waals surface area contributed by atoms with E-state index in [1.165, 1.54) is 13.2 Å². The lowest BCUT2D eigenvalue weighted by atomic mass is 10.1. The van der Waals surface area contributed by atoms with Crippen LogP contribution in [0.3, 0.4) is 0 Å². The topological polar surface area (TPSA) is 44.1 Å². The van der Waals surface area contributed by atoms with Crippen molar-refractivity contribution in [2.75, 3.05) is 7.11 Å². The summed E-state index contributed by atoms with van der Waals surface area (Å²) in [5.41, 5.74) is 1.58. The molecule has 2 aromatic rings. The highest BCUT2D eigenvalue weighted by atomic mass is 19.1. The summed E-state index contributed by atoms with van der Waals surface area (Å²) in [6.45, 7) is 2.86. The third kappa shape index (κ3) is 2.99. The van der Waals surface area contributed by atoms with E-state index in [4.69, 9.17) is 0 Å². The van der Waals surface area contributed by atoms with Gasteiger partial charge < -0.3 is 4.74 Å². The van der Waals surface area contributed by atoms with Gasteiger partial charge in [0.1, 0.15) is 5.82 Å². The van der Waals surface area contributed by atoms with Crippen LogP contribution < -0.4 is 0 Å². The molecule has 1 aromatic carbocycles. The molecule has 0 aliphatic heterocycles. The molecule has 0 fully saturated rings. The number of esters is 1. The summed E-state index contributed by atoms with van der Waals surface area (Å²) in [4.78, 5) is 11.4. The first kappa shape index (κ1) is 13.3. The SMILES string of the molecule is CCCn1cc(-c2cc(F)cc(C(=O)OC)c2)cn1. The van der Waals surface area contributed by atoms with E-state index >= 15 is 0 Å². The normalized spacial score (nSPS) is 10.5. The van der Waals surface area contributed by atoms with Gasteiger partial charge in [-0.3, -0.25) is 4.68 Å². The molecule has 2 rings (SSSR count). The number of aromatic nitrogens is 2. The van der Waals surface area contributed by atoms with Crippen molar-refractivity contribution >= 4 is 5.97 Å². The fourth-order valence-corrected chi connectivity index (χ4v) is 1.86. The zero-order valence-electron chi connectivity index (χ0n) is 10.9. The number of methoxy groups -OCH3 is 1. The molecule has 4 nitrogen and oxygen atoms in total. The van der Waals surface area contributed by atoms with Gasteiger partial charge in [0.25, 0.3) is 0 Å². The molecule has 0 bridgehead atoms.